The molecule has 0 amide bonds. The summed E-state index contributed by atoms with van der Waals surface area (Å²) in [6.45, 7) is 0.683. The fourth-order valence-electron chi connectivity index (χ4n) is 2.28. The van der Waals surface area contributed by atoms with Crippen molar-refractivity contribution < 1.29 is 10.0 Å². The van der Waals surface area contributed by atoms with Gasteiger partial charge in [-0.25, -0.2) is 4.98 Å². The molecule has 2 aromatic heterocycles. The molecule has 2 N–H and O–H groups in total. The maximum absolute atomic E-state index is 9.09. The Kier molecular flexibility index (Phi) is 3.49. The van der Waals surface area contributed by atoms with Crippen molar-refractivity contribution in [1.29, 1.82) is 0 Å². The lowest BCUT2D eigenvalue weighted by molar-refractivity contribution is 0.426. The van der Waals surface area contributed by atoms with Crippen molar-refractivity contribution in [3.05, 3.63) is 59.9 Å². The number of rotatable bonds is 3. The first-order valence-corrected chi connectivity index (χ1v) is 6.55. The molecule has 0 bridgehead atoms. The number of terminal acetylenes is 1. The Labute approximate surface area is 122 Å². The average Bonchev–Trinajstić information content (AvgIpc) is 2.90. The summed E-state index contributed by atoms with van der Waals surface area (Å²) < 4.78 is 2.08. The van der Waals surface area contributed by atoms with E-state index in [0.29, 0.717) is 17.7 Å². The summed E-state index contributed by atoms with van der Waals surface area (Å²) in [6.07, 6.45) is 7.31. The molecular weight excluding hydrogens is 263 g/mol. The second-order valence-electron chi connectivity index (χ2n) is 4.80. The Morgan fingerprint density at radius 1 is 1.10 bits per heavy atom. The zero-order valence-corrected chi connectivity index (χ0v) is 11.3. The first-order valence-electron chi connectivity index (χ1n) is 6.55. The highest BCUT2D eigenvalue weighted by Crippen LogP contribution is 2.15. The van der Waals surface area contributed by atoms with Crippen LogP contribution in [0.4, 0.5) is 0 Å². The molecule has 102 valence electrons. The topological polar surface area (TPSA) is 58.3 Å². The molecule has 3 aromatic rings. The zero-order valence-electron chi connectivity index (χ0n) is 11.3. The van der Waals surface area contributed by atoms with Gasteiger partial charge in [0.25, 0.3) is 0 Å². The van der Waals surface area contributed by atoms with Crippen molar-refractivity contribution in [2.24, 2.45) is 0 Å². The van der Waals surface area contributed by atoms with Crippen LogP contribution < -0.4 is 5.46 Å². The second-order valence-corrected chi connectivity index (χ2v) is 4.80. The van der Waals surface area contributed by atoms with Crippen molar-refractivity contribution in [2.75, 3.05) is 0 Å². The van der Waals surface area contributed by atoms with Gasteiger partial charge in [0.1, 0.15) is 5.69 Å². The van der Waals surface area contributed by atoms with Crippen LogP contribution >= 0.6 is 0 Å². The summed E-state index contributed by atoms with van der Waals surface area (Å²) in [6, 6.07) is 12.9. The minimum Gasteiger partial charge on any atom is -0.423 e. The predicted molar refractivity (Wildman–Crippen MR) is 83.0 cm³/mol. The normalized spacial score (nSPS) is 10.5. The molecule has 0 aliphatic rings. The molecule has 0 spiro atoms. The molecule has 0 radical (unpaired) electrons. The smallest absolute Gasteiger partial charge is 0.423 e. The van der Waals surface area contributed by atoms with E-state index in [1.165, 1.54) is 0 Å². The van der Waals surface area contributed by atoms with Crippen molar-refractivity contribution in [2.45, 2.75) is 6.54 Å². The molecular formula is C16H13BN2O2. The molecule has 0 saturated heterocycles. The lowest BCUT2D eigenvalue weighted by atomic mass is 9.80. The Morgan fingerprint density at radius 2 is 1.86 bits per heavy atom. The van der Waals surface area contributed by atoms with Crippen LogP contribution in [0.3, 0.4) is 0 Å². The molecule has 1 aromatic carbocycles. The summed E-state index contributed by atoms with van der Waals surface area (Å²) in [5.74, 6) is 2.53. The van der Waals surface area contributed by atoms with Gasteiger partial charge in [0, 0.05) is 12.7 Å². The van der Waals surface area contributed by atoms with E-state index in [9.17, 15) is 0 Å². The van der Waals surface area contributed by atoms with Crippen LogP contribution in [0.5, 0.6) is 0 Å². The van der Waals surface area contributed by atoms with Gasteiger partial charge in [0.2, 0.25) is 0 Å². The monoisotopic (exact) mass is 276 g/mol. The molecule has 0 saturated carbocycles. The Morgan fingerprint density at radius 3 is 2.52 bits per heavy atom. The predicted octanol–water partition coefficient (Wildman–Crippen LogP) is 0.746. The summed E-state index contributed by atoms with van der Waals surface area (Å²) in [5, 5.41) is 18.2. The van der Waals surface area contributed by atoms with E-state index in [1.54, 1.807) is 12.1 Å². The fourth-order valence-corrected chi connectivity index (χ4v) is 2.28. The van der Waals surface area contributed by atoms with Gasteiger partial charge in [-0.05, 0) is 29.2 Å². The Hall–Kier alpha value is -2.55. The maximum Gasteiger partial charge on any atom is 0.488 e. The molecule has 0 atom stereocenters. The molecule has 4 nitrogen and oxygen atoms in total. The molecule has 2 heterocycles. The van der Waals surface area contributed by atoms with Crippen molar-refractivity contribution in [3.8, 4) is 12.3 Å². The Balaban J connectivity index is 1.89. The van der Waals surface area contributed by atoms with Gasteiger partial charge >= 0.3 is 7.12 Å². The lowest BCUT2D eigenvalue weighted by Gasteiger charge is -2.07. The van der Waals surface area contributed by atoms with Crippen molar-refractivity contribution >= 4 is 23.6 Å². The van der Waals surface area contributed by atoms with Crippen LogP contribution in [0.1, 0.15) is 11.3 Å². The minimum atomic E-state index is -1.43. The van der Waals surface area contributed by atoms with E-state index in [2.05, 4.69) is 15.5 Å². The molecule has 3 rings (SSSR count). The van der Waals surface area contributed by atoms with E-state index in [0.717, 1.165) is 16.6 Å². The van der Waals surface area contributed by atoms with Crippen LogP contribution in [0, 0.1) is 12.3 Å². The van der Waals surface area contributed by atoms with Gasteiger partial charge in [0.15, 0.2) is 0 Å². The maximum atomic E-state index is 9.09. The fraction of sp³-hybridized carbons (Fsp3) is 0.0625. The van der Waals surface area contributed by atoms with Crippen LogP contribution in [0.15, 0.2) is 48.7 Å². The number of hydrogen-bond donors (Lipinski definition) is 2. The third-order valence-electron chi connectivity index (χ3n) is 3.40. The first-order chi connectivity index (χ1) is 10.2. The third-order valence-corrected chi connectivity index (χ3v) is 3.40. The molecule has 0 aliphatic carbocycles. The van der Waals surface area contributed by atoms with Gasteiger partial charge in [0.05, 0.1) is 11.0 Å². The SMILES string of the molecule is C#Cc1ccc2c(ccn2Cc2ccc(B(O)O)cc2)n1. The molecule has 0 unspecified atom stereocenters. The van der Waals surface area contributed by atoms with Gasteiger partial charge < -0.3 is 14.6 Å². The highest BCUT2D eigenvalue weighted by atomic mass is 16.4. The minimum absolute atomic E-state index is 0.483. The van der Waals surface area contributed by atoms with Gasteiger partial charge in [-0.3, -0.25) is 0 Å². The second kappa shape index (κ2) is 5.45. The number of fused-ring (bicyclic) bond motifs is 1. The third kappa shape index (κ3) is 2.68. The summed E-state index contributed by atoms with van der Waals surface area (Å²) in [7, 11) is -1.43. The molecule has 0 fully saturated rings. The average molecular weight is 276 g/mol. The van der Waals surface area contributed by atoms with E-state index in [1.807, 2.05) is 36.5 Å². The highest BCUT2D eigenvalue weighted by Gasteiger charge is 2.10. The molecule has 21 heavy (non-hydrogen) atoms. The first kappa shape index (κ1) is 13.4. The number of pyridine rings is 1. The molecule has 5 heteroatoms. The number of benzene rings is 1. The zero-order chi connectivity index (χ0) is 14.8. The Bertz CT molecular complexity index is 816. The van der Waals surface area contributed by atoms with Gasteiger partial charge in [-0.1, -0.05) is 30.2 Å². The van der Waals surface area contributed by atoms with Crippen LogP contribution in [-0.2, 0) is 6.54 Å². The van der Waals surface area contributed by atoms with E-state index < -0.39 is 7.12 Å². The van der Waals surface area contributed by atoms with Crippen molar-refractivity contribution in [1.82, 2.24) is 9.55 Å². The number of hydrogen-bond acceptors (Lipinski definition) is 3. The van der Waals surface area contributed by atoms with E-state index in [4.69, 9.17) is 16.5 Å². The van der Waals surface area contributed by atoms with E-state index >= 15 is 0 Å². The van der Waals surface area contributed by atoms with Crippen LogP contribution in [-0.4, -0.2) is 26.7 Å². The van der Waals surface area contributed by atoms with Crippen molar-refractivity contribution in [3.63, 3.8) is 0 Å². The van der Waals surface area contributed by atoms with Crippen LogP contribution in [0.2, 0.25) is 0 Å². The largest absolute Gasteiger partial charge is 0.488 e. The quantitative estimate of drug-likeness (QED) is 0.548. The number of aromatic nitrogens is 2. The van der Waals surface area contributed by atoms with Gasteiger partial charge in [-0.2, -0.15) is 0 Å². The standard InChI is InChI=1S/C16H13BN2O2/c1-2-14-7-8-16-15(18-14)9-10-19(16)11-12-3-5-13(6-4-12)17(20)21/h1,3-10,20-21H,11H2. The molecule has 0 aliphatic heterocycles. The summed E-state index contributed by atoms with van der Waals surface area (Å²) in [4.78, 5) is 4.37. The lowest BCUT2D eigenvalue weighted by Crippen LogP contribution is -2.29. The van der Waals surface area contributed by atoms with Crippen LogP contribution in [0.25, 0.3) is 11.0 Å². The number of nitrogens with zero attached hydrogens (tertiary/aromatic N) is 2. The highest BCUT2D eigenvalue weighted by molar-refractivity contribution is 6.58. The summed E-state index contributed by atoms with van der Waals surface area (Å²) in [5.41, 5.74) is 4.06. The summed E-state index contributed by atoms with van der Waals surface area (Å²) >= 11 is 0. The van der Waals surface area contributed by atoms with E-state index in [-0.39, 0.29) is 0 Å². The van der Waals surface area contributed by atoms with Gasteiger partial charge in [-0.15, -0.1) is 6.42 Å².